The highest BCUT2D eigenvalue weighted by molar-refractivity contribution is 5.75. The van der Waals surface area contributed by atoms with Gasteiger partial charge in [0, 0.05) is 19.7 Å². The van der Waals surface area contributed by atoms with Crippen molar-refractivity contribution < 1.29 is 9.90 Å². The van der Waals surface area contributed by atoms with Crippen LogP contribution >= 0.6 is 0 Å². The second-order valence-electron chi connectivity index (χ2n) is 5.33. The smallest absolute Gasteiger partial charge is 0.310 e. The highest BCUT2D eigenvalue weighted by atomic mass is 16.4. The van der Waals surface area contributed by atoms with E-state index in [1.165, 1.54) is 0 Å². The second kappa shape index (κ2) is 4.47. The van der Waals surface area contributed by atoms with Crippen molar-refractivity contribution in [3.63, 3.8) is 0 Å². The number of rotatable bonds is 3. The number of hydrogen-bond acceptors (Lipinski definition) is 3. The molecular formula is C12H19N3O2. The van der Waals surface area contributed by atoms with Crippen LogP contribution < -0.4 is 0 Å². The number of aromatic nitrogens is 3. The van der Waals surface area contributed by atoms with Crippen molar-refractivity contribution in [2.45, 2.75) is 39.0 Å². The Morgan fingerprint density at radius 1 is 1.59 bits per heavy atom. The van der Waals surface area contributed by atoms with Crippen LogP contribution in [0.2, 0.25) is 0 Å². The fourth-order valence-electron chi connectivity index (χ4n) is 2.60. The van der Waals surface area contributed by atoms with Crippen LogP contribution in [0.1, 0.15) is 38.3 Å². The van der Waals surface area contributed by atoms with Crippen molar-refractivity contribution in [2.75, 3.05) is 0 Å². The van der Waals surface area contributed by atoms with Crippen molar-refractivity contribution >= 4 is 5.97 Å². The summed E-state index contributed by atoms with van der Waals surface area (Å²) in [6, 6.07) is 0. The monoisotopic (exact) mass is 237 g/mol. The standard InChI is InChI=1S/C12H19N3O2/c1-9-3-5-12(6-4-9,11(16)17)7-10-8-15(2)14-13-10/h8-9H,3-7H2,1-2H3,(H,16,17). The number of aliphatic carboxylic acids is 1. The molecular weight excluding hydrogens is 218 g/mol. The van der Waals surface area contributed by atoms with Crippen LogP contribution in [0.3, 0.4) is 0 Å². The van der Waals surface area contributed by atoms with E-state index in [2.05, 4.69) is 17.2 Å². The topological polar surface area (TPSA) is 68.0 Å². The zero-order chi connectivity index (χ0) is 12.5. The molecule has 17 heavy (non-hydrogen) atoms. The zero-order valence-electron chi connectivity index (χ0n) is 10.4. The molecule has 5 nitrogen and oxygen atoms in total. The summed E-state index contributed by atoms with van der Waals surface area (Å²) in [5.74, 6) is -0.0422. The summed E-state index contributed by atoms with van der Waals surface area (Å²) >= 11 is 0. The van der Waals surface area contributed by atoms with Gasteiger partial charge < -0.3 is 5.11 Å². The Morgan fingerprint density at radius 3 is 2.71 bits per heavy atom. The van der Waals surface area contributed by atoms with Gasteiger partial charge in [0.15, 0.2) is 0 Å². The summed E-state index contributed by atoms with van der Waals surface area (Å²) in [4.78, 5) is 11.5. The van der Waals surface area contributed by atoms with Gasteiger partial charge >= 0.3 is 5.97 Å². The van der Waals surface area contributed by atoms with Crippen molar-refractivity contribution in [2.24, 2.45) is 18.4 Å². The first-order valence-corrected chi connectivity index (χ1v) is 6.10. The molecule has 1 aromatic rings. The molecule has 1 aromatic heterocycles. The van der Waals surface area contributed by atoms with Gasteiger partial charge in [0.2, 0.25) is 0 Å². The maximum atomic E-state index is 11.5. The van der Waals surface area contributed by atoms with E-state index in [4.69, 9.17) is 0 Å². The SMILES string of the molecule is CC1CCC(Cc2cn(C)nn2)(C(=O)O)CC1. The van der Waals surface area contributed by atoms with Gasteiger partial charge in [-0.1, -0.05) is 12.1 Å². The van der Waals surface area contributed by atoms with Gasteiger partial charge in [-0.25, -0.2) is 0 Å². The third-order valence-electron chi connectivity index (χ3n) is 3.85. The van der Waals surface area contributed by atoms with E-state index in [-0.39, 0.29) is 0 Å². The van der Waals surface area contributed by atoms with E-state index in [1.807, 2.05) is 6.20 Å². The molecule has 0 aliphatic heterocycles. The Balaban J connectivity index is 2.15. The maximum absolute atomic E-state index is 11.5. The lowest BCUT2D eigenvalue weighted by Gasteiger charge is -2.35. The van der Waals surface area contributed by atoms with Crippen LogP contribution in [0.5, 0.6) is 0 Å². The largest absolute Gasteiger partial charge is 0.481 e. The molecule has 1 N–H and O–H groups in total. The average Bonchev–Trinajstić information content (AvgIpc) is 2.67. The van der Waals surface area contributed by atoms with Crippen molar-refractivity contribution in [3.8, 4) is 0 Å². The van der Waals surface area contributed by atoms with Crippen LogP contribution in [0.4, 0.5) is 0 Å². The molecule has 0 saturated heterocycles. The predicted molar refractivity (Wildman–Crippen MR) is 62.4 cm³/mol. The molecule has 1 heterocycles. The van der Waals surface area contributed by atoms with Crippen LogP contribution in [0.25, 0.3) is 0 Å². The Kier molecular flexibility index (Phi) is 3.17. The molecule has 0 unspecified atom stereocenters. The summed E-state index contributed by atoms with van der Waals surface area (Å²) in [5, 5.41) is 17.4. The molecule has 1 fully saturated rings. The minimum Gasteiger partial charge on any atom is -0.481 e. The quantitative estimate of drug-likeness (QED) is 0.867. The van der Waals surface area contributed by atoms with Gasteiger partial charge in [-0.3, -0.25) is 9.48 Å². The molecule has 0 bridgehead atoms. The van der Waals surface area contributed by atoms with Gasteiger partial charge in [0.25, 0.3) is 0 Å². The fourth-order valence-corrected chi connectivity index (χ4v) is 2.60. The number of carbonyl (C=O) groups is 1. The number of carboxylic acids is 1. The Labute approximate surface area is 101 Å². The third kappa shape index (κ3) is 2.48. The van der Waals surface area contributed by atoms with E-state index < -0.39 is 11.4 Å². The molecule has 2 rings (SSSR count). The molecule has 0 atom stereocenters. The highest BCUT2D eigenvalue weighted by Crippen LogP contribution is 2.41. The highest BCUT2D eigenvalue weighted by Gasteiger charge is 2.41. The van der Waals surface area contributed by atoms with E-state index >= 15 is 0 Å². The summed E-state index contributed by atoms with van der Waals surface area (Å²) in [6.45, 7) is 2.19. The summed E-state index contributed by atoms with van der Waals surface area (Å²) in [7, 11) is 1.80. The van der Waals surface area contributed by atoms with Gasteiger partial charge in [-0.05, 0) is 31.6 Å². The maximum Gasteiger partial charge on any atom is 0.310 e. The first kappa shape index (κ1) is 12.1. The minimum atomic E-state index is -0.685. The first-order chi connectivity index (χ1) is 8.02. The molecule has 1 aliphatic carbocycles. The predicted octanol–water partition coefficient (Wildman–Crippen LogP) is 1.64. The van der Waals surface area contributed by atoms with E-state index in [9.17, 15) is 9.90 Å². The second-order valence-corrected chi connectivity index (χ2v) is 5.33. The van der Waals surface area contributed by atoms with Gasteiger partial charge in [0.1, 0.15) is 0 Å². The summed E-state index contributed by atoms with van der Waals surface area (Å²) in [6.07, 6.45) is 5.80. The molecule has 5 heteroatoms. The lowest BCUT2D eigenvalue weighted by atomic mass is 9.68. The Hall–Kier alpha value is -1.39. The number of aryl methyl sites for hydroxylation is 1. The summed E-state index contributed by atoms with van der Waals surface area (Å²) < 4.78 is 1.62. The van der Waals surface area contributed by atoms with Crippen molar-refractivity contribution in [1.29, 1.82) is 0 Å². The number of carboxylic acid groups (broad SMARTS) is 1. The van der Waals surface area contributed by atoms with E-state index in [1.54, 1.807) is 11.7 Å². The molecule has 0 radical (unpaired) electrons. The van der Waals surface area contributed by atoms with Crippen LogP contribution in [-0.4, -0.2) is 26.1 Å². The Morgan fingerprint density at radius 2 is 2.24 bits per heavy atom. The van der Waals surface area contributed by atoms with Crippen molar-refractivity contribution in [3.05, 3.63) is 11.9 Å². The average molecular weight is 237 g/mol. The van der Waals surface area contributed by atoms with Gasteiger partial charge in [-0.15, -0.1) is 5.10 Å². The Bertz CT molecular complexity index is 406. The molecule has 1 aliphatic rings. The molecule has 0 spiro atoms. The molecule has 0 aromatic carbocycles. The van der Waals surface area contributed by atoms with E-state index in [0.717, 1.165) is 31.4 Å². The summed E-state index contributed by atoms with van der Waals surface area (Å²) in [5.41, 5.74) is 0.159. The number of nitrogens with zero attached hydrogens (tertiary/aromatic N) is 3. The number of hydrogen-bond donors (Lipinski definition) is 1. The third-order valence-corrected chi connectivity index (χ3v) is 3.85. The fraction of sp³-hybridized carbons (Fsp3) is 0.750. The van der Waals surface area contributed by atoms with Crippen LogP contribution in [0, 0.1) is 11.3 Å². The minimum absolute atomic E-state index is 0.503. The molecule has 0 amide bonds. The van der Waals surface area contributed by atoms with Crippen LogP contribution in [0.15, 0.2) is 6.20 Å². The molecule has 1 saturated carbocycles. The van der Waals surface area contributed by atoms with Gasteiger partial charge in [0.05, 0.1) is 11.1 Å². The van der Waals surface area contributed by atoms with Gasteiger partial charge in [-0.2, -0.15) is 0 Å². The normalized spacial score (nSPS) is 29.2. The lowest BCUT2D eigenvalue weighted by Crippen LogP contribution is -2.37. The van der Waals surface area contributed by atoms with E-state index in [0.29, 0.717) is 12.3 Å². The van der Waals surface area contributed by atoms with Crippen molar-refractivity contribution in [1.82, 2.24) is 15.0 Å². The zero-order valence-corrected chi connectivity index (χ0v) is 10.4. The lowest BCUT2D eigenvalue weighted by molar-refractivity contribution is -0.151. The van der Waals surface area contributed by atoms with Crippen LogP contribution in [-0.2, 0) is 18.3 Å². The first-order valence-electron chi connectivity index (χ1n) is 6.10. The molecule has 94 valence electrons.